The summed E-state index contributed by atoms with van der Waals surface area (Å²) < 4.78 is 20.8. The molecule has 3 aromatic rings. The quantitative estimate of drug-likeness (QED) is 0.172. The molecule has 220 valence electrons. The lowest BCUT2D eigenvalue weighted by atomic mass is 10.0. The van der Waals surface area contributed by atoms with E-state index in [0.29, 0.717) is 40.5 Å². The third-order valence-electron chi connectivity index (χ3n) is 8.62. The lowest BCUT2D eigenvalue weighted by molar-refractivity contribution is -0.111. The number of amides is 1. The van der Waals surface area contributed by atoms with Crippen LogP contribution in [0.4, 0.5) is 21.6 Å². The highest BCUT2D eigenvalue weighted by atomic mass is 35.5. The molecular formula is C32H37ClFN5O2Si. The Morgan fingerprint density at radius 3 is 2.79 bits per heavy atom. The highest BCUT2D eigenvalue weighted by Gasteiger charge is 2.58. The van der Waals surface area contributed by atoms with Gasteiger partial charge in [-0.2, -0.15) is 0 Å². The second-order valence-electron chi connectivity index (χ2n) is 12.8. The maximum absolute atomic E-state index is 14.7. The van der Waals surface area contributed by atoms with Gasteiger partial charge in [0.2, 0.25) is 5.91 Å². The van der Waals surface area contributed by atoms with Gasteiger partial charge < -0.3 is 20.0 Å². The van der Waals surface area contributed by atoms with Crippen LogP contribution in [-0.4, -0.2) is 55.8 Å². The minimum atomic E-state index is -1.93. The van der Waals surface area contributed by atoms with Gasteiger partial charge in [-0.05, 0) is 61.8 Å². The number of nitrogens with zero attached hydrogens (tertiary/aromatic N) is 3. The summed E-state index contributed by atoms with van der Waals surface area (Å²) in [7, 11) is 0.188. The number of carbonyl (C=O) groups is 1. The first-order valence-corrected chi connectivity index (χ1v) is 17.4. The molecule has 7 nitrogen and oxygen atoms in total. The SMILES string of the molecule is CN1C[C@H]2C[C@@]2(C#Cc2cc3ncnc(Nc4cccc(Cl)c4F)c3cc2NC(=O)/C=C/CO[Si](C)(C)C(C)(C)C)C1. The minimum Gasteiger partial charge on any atom is -0.413 e. The second kappa shape index (κ2) is 11.4. The first-order valence-electron chi connectivity index (χ1n) is 14.1. The molecule has 0 spiro atoms. The van der Waals surface area contributed by atoms with Crippen molar-refractivity contribution in [1.82, 2.24) is 14.9 Å². The summed E-state index contributed by atoms with van der Waals surface area (Å²) in [6.07, 6.45) is 5.73. The van der Waals surface area contributed by atoms with Crippen molar-refractivity contribution in [3.63, 3.8) is 0 Å². The van der Waals surface area contributed by atoms with Gasteiger partial charge in [-0.3, -0.25) is 4.79 Å². The number of likely N-dealkylation sites (tertiary alicyclic amines) is 1. The van der Waals surface area contributed by atoms with E-state index in [9.17, 15) is 9.18 Å². The van der Waals surface area contributed by atoms with Crippen LogP contribution in [-0.2, 0) is 9.22 Å². The molecule has 2 N–H and O–H groups in total. The van der Waals surface area contributed by atoms with E-state index in [4.69, 9.17) is 16.0 Å². The fourth-order valence-electron chi connectivity index (χ4n) is 5.06. The number of aromatic nitrogens is 2. The molecule has 1 amide bonds. The molecule has 2 atom stereocenters. The largest absolute Gasteiger partial charge is 0.413 e. The van der Waals surface area contributed by atoms with Gasteiger partial charge in [-0.1, -0.05) is 56.4 Å². The summed E-state index contributed by atoms with van der Waals surface area (Å²) in [6, 6.07) is 8.34. The summed E-state index contributed by atoms with van der Waals surface area (Å²) in [5, 5.41) is 6.71. The molecule has 1 saturated carbocycles. The van der Waals surface area contributed by atoms with Crippen LogP contribution in [0.15, 0.2) is 48.8 Å². The summed E-state index contributed by atoms with van der Waals surface area (Å²) in [4.78, 5) is 24.1. The summed E-state index contributed by atoms with van der Waals surface area (Å²) in [6.45, 7) is 13.2. The molecule has 5 rings (SSSR count). The number of rotatable bonds is 7. The molecular weight excluding hydrogens is 569 g/mol. The molecule has 2 heterocycles. The maximum atomic E-state index is 14.7. The van der Waals surface area contributed by atoms with Crippen molar-refractivity contribution in [2.24, 2.45) is 11.3 Å². The number of halogens is 2. The van der Waals surface area contributed by atoms with Crippen molar-refractivity contribution in [3.8, 4) is 11.8 Å². The average molecular weight is 606 g/mol. The molecule has 0 unspecified atom stereocenters. The lowest BCUT2D eigenvalue weighted by Crippen LogP contribution is -2.40. The van der Waals surface area contributed by atoms with Gasteiger partial charge in [0.05, 0.1) is 34.1 Å². The van der Waals surface area contributed by atoms with Crippen LogP contribution in [0.2, 0.25) is 23.2 Å². The predicted molar refractivity (Wildman–Crippen MR) is 170 cm³/mol. The van der Waals surface area contributed by atoms with Crippen LogP contribution in [0.5, 0.6) is 0 Å². The third-order valence-corrected chi connectivity index (χ3v) is 13.4. The standard InChI is InChI=1S/C32H37ClFN5O2Si/c1-31(2,3)42(5,6)41-14-8-11-28(40)37-26-16-23-27(15-21(26)12-13-32-17-22(32)18-39(4)19-32)35-20-36-30(23)38-25-10-7-9-24(33)29(25)34/h7-11,15-16,20,22H,14,17-19H2,1-6H3,(H,37,40)(H,35,36,38)/b11-8+/t22-,32+/m1/s1. The molecule has 0 bridgehead atoms. The number of fused-ring (bicyclic) bond motifs is 2. The summed E-state index contributed by atoms with van der Waals surface area (Å²) in [5.74, 6) is 6.95. The second-order valence-corrected chi connectivity index (χ2v) is 18.0. The predicted octanol–water partition coefficient (Wildman–Crippen LogP) is 6.99. The van der Waals surface area contributed by atoms with Gasteiger partial charge in [0.15, 0.2) is 14.1 Å². The summed E-state index contributed by atoms with van der Waals surface area (Å²) >= 11 is 5.99. The molecule has 1 aliphatic heterocycles. The van der Waals surface area contributed by atoms with Crippen LogP contribution in [0, 0.1) is 29.0 Å². The number of hydrogen-bond donors (Lipinski definition) is 2. The number of piperidine rings is 1. The van der Waals surface area contributed by atoms with Gasteiger partial charge in [0.25, 0.3) is 0 Å². The number of carbonyl (C=O) groups excluding carboxylic acids is 1. The van der Waals surface area contributed by atoms with E-state index in [1.807, 2.05) is 6.07 Å². The van der Waals surface area contributed by atoms with Gasteiger partial charge in [-0.15, -0.1) is 0 Å². The Labute approximate surface area is 253 Å². The topological polar surface area (TPSA) is 79.4 Å². The van der Waals surface area contributed by atoms with Crippen molar-refractivity contribution in [3.05, 3.63) is 65.2 Å². The Kier molecular flexibility index (Phi) is 8.20. The molecule has 1 aromatic heterocycles. The smallest absolute Gasteiger partial charge is 0.248 e. The van der Waals surface area contributed by atoms with E-state index in [-0.39, 0.29) is 27.1 Å². The Balaban J connectivity index is 1.45. The van der Waals surface area contributed by atoms with Crippen LogP contribution in [0.1, 0.15) is 32.8 Å². The normalized spacial score (nSPS) is 20.3. The molecule has 0 radical (unpaired) electrons. The van der Waals surface area contributed by atoms with E-state index in [1.165, 1.54) is 18.5 Å². The van der Waals surface area contributed by atoms with Crippen LogP contribution in [0.3, 0.4) is 0 Å². The van der Waals surface area contributed by atoms with E-state index < -0.39 is 14.1 Å². The molecule has 1 aliphatic carbocycles. The van der Waals surface area contributed by atoms with Gasteiger partial charge in [0, 0.05) is 30.0 Å². The minimum absolute atomic E-state index is 0.00325. The highest BCUT2D eigenvalue weighted by Crippen LogP contribution is 2.57. The Morgan fingerprint density at radius 2 is 2.07 bits per heavy atom. The fraction of sp³-hybridized carbons (Fsp3) is 0.406. The van der Waals surface area contributed by atoms with Gasteiger partial charge >= 0.3 is 0 Å². The zero-order valence-electron chi connectivity index (χ0n) is 24.9. The molecule has 2 aromatic carbocycles. The van der Waals surface area contributed by atoms with Crippen molar-refractivity contribution in [2.75, 3.05) is 37.4 Å². The van der Waals surface area contributed by atoms with E-state index in [1.54, 1.807) is 24.3 Å². The van der Waals surface area contributed by atoms with E-state index in [2.05, 4.69) is 78.3 Å². The Morgan fingerprint density at radius 1 is 1.29 bits per heavy atom. The number of hydrogen-bond acceptors (Lipinski definition) is 6. The molecule has 2 aliphatic rings. The zero-order chi connectivity index (χ0) is 30.3. The van der Waals surface area contributed by atoms with Crippen LogP contribution in [0.25, 0.3) is 10.9 Å². The zero-order valence-corrected chi connectivity index (χ0v) is 26.7. The van der Waals surface area contributed by atoms with Crippen LogP contribution < -0.4 is 10.6 Å². The van der Waals surface area contributed by atoms with Crippen molar-refractivity contribution in [1.29, 1.82) is 0 Å². The molecule has 2 fully saturated rings. The highest BCUT2D eigenvalue weighted by molar-refractivity contribution is 6.74. The molecule has 10 heteroatoms. The number of nitrogens with one attached hydrogen (secondary N) is 2. The van der Waals surface area contributed by atoms with E-state index >= 15 is 0 Å². The Bertz CT molecular complexity index is 1630. The van der Waals surface area contributed by atoms with Crippen molar-refractivity contribution < 1.29 is 13.6 Å². The van der Waals surface area contributed by atoms with Gasteiger partial charge in [-0.25, -0.2) is 14.4 Å². The number of anilines is 3. The average Bonchev–Trinajstić information content (AvgIpc) is 3.47. The first-order chi connectivity index (χ1) is 19.8. The lowest BCUT2D eigenvalue weighted by Gasteiger charge is -2.35. The maximum Gasteiger partial charge on any atom is 0.248 e. The van der Waals surface area contributed by atoms with E-state index in [0.717, 1.165) is 19.5 Å². The van der Waals surface area contributed by atoms with Gasteiger partial charge in [0.1, 0.15) is 12.1 Å². The van der Waals surface area contributed by atoms with Crippen molar-refractivity contribution in [2.45, 2.75) is 45.3 Å². The number of benzene rings is 2. The fourth-order valence-corrected chi connectivity index (χ4v) is 6.18. The molecule has 42 heavy (non-hydrogen) atoms. The first kappa shape index (κ1) is 30.2. The Hall–Kier alpha value is -3.29. The van der Waals surface area contributed by atoms with Crippen LogP contribution >= 0.6 is 11.6 Å². The third kappa shape index (κ3) is 6.37. The summed E-state index contributed by atoms with van der Waals surface area (Å²) in [5.41, 5.74) is 2.00. The monoisotopic (exact) mass is 605 g/mol. The molecule has 1 saturated heterocycles. The van der Waals surface area contributed by atoms with Crippen molar-refractivity contribution >= 4 is 53.9 Å².